The lowest BCUT2D eigenvalue weighted by Gasteiger charge is -2.32. The van der Waals surface area contributed by atoms with E-state index in [1.54, 1.807) is 35.2 Å². The normalized spacial score (nSPS) is 19.0. The Morgan fingerprint density at radius 1 is 1.08 bits per heavy atom. The molecule has 14 heteroatoms. The van der Waals surface area contributed by atoms with Gasteiger partial charge in [0.05, 0.1) is 29.0 Å². The number of aromatic nitrogens is 2. The second-order valence-electron chi connectivity index (χ2n) is 12.8. The predicted octanol–water partition coefficient (Wildman–Crippen LogP) is 2.37. The predicted molar refractivity (Wildman–Crippen MR) is 174 cm³/mol. The van der Waals surface area contributed by atoms with Crippen molar-refractivity contribution >= 4 is 28.9 Å². The lowest BCUT2D eigenvalue weighted by Crippen LogP contribution is -2.44. The number of hydrogen-bond acceptors (Lipinski definition) is 11. The van der Waals surface area contributed by atoms with E-state index < -0.39 is 23.6 Å². The van der Waals surface area contributed by atoms with Gasteiger partial charge >= 0.3 is 12.1 Å². The van der Waals surface area contributed by atoms with Gasteiger partial charge in [-0.05, 0) is 50.6 Å². The summed E-state index contributed by atoms with van der Waals surface area (Å²) in [5.41, 5.74) is 3.39. The first-order chi connectivity index (χ1) is 23.1. The number of rotatable bonds is 11. The van der Waals surface area contributed by atoms with Gasteiger partial charge in [0.1, 0.15) is 12.4 Å². The van der Waals surface area contributed by atoms with Gasteiger partial charge < -0.3 is 29.4 Å². The third-order valence-electron chi connectivity index (χ3n) is 9.66. The number of esters is 1. The molecule has 4 N–H and O–H groups in total. The quantitative estimate of drug-likeness (QED) is 0.0803. The highest BCUT2D eigenvalue weighted by molar-refractivity contribution is 5.90. The Bertz CT molecular complexity index is 1800. The number of ether oxygens (including phenoxy) is 2. The van der Waals surface area contributed by atoms with Gasteiger partial charge in [0.25, 0.3) is 5.56 Å². The van der Waals surface area contributed by atoms with E-state index in [1.807, 2.05) is 6.07 Å². The minimum atomic E-state index is -1.90. The van der Waals surface area contributed by atoms with E-state index in [1.165, 1.54) is 0 Å². The van der Waals surface area contributed by atoms with Crippen molar-refractivity contribution in [1.82, 2.24) is 30.1 Å². The van der Waals surface area contributed by atoms with Crippen LogP contribution in [-0.4, -0.2) is 87.4 Å². The molecule has 0 bridgehead atoms. The Hall–Kier alpha value is -4.37. The van der Waals surface area contributed by atoms with Gasteiger partial charge in [0, 0.05) is 67.8 Å². The van der Waals surface area contributed by atoms with Crippen LogP contribution in [0.15, 0.2) is 29.1 Å². The monoisotopic (exact) mass is 662 g/mol. The Labute approximate surface area is 277 Å². The topological polar surface area (TPSA) is 176 Å². The number of benzene rings is 1. The molecule has 3 aliphatic heterocycles. The number of aliphatic hydroxyl groups is 1. The number of cyclic esters (lactones) is 1. The first kappa shape index (κ1) is 33.5. The van der Waals surface area contributed by atoms with Gasteiger partial charge in [-0.1, -0.05) is 19.8 Å². The maximum atomic E-state index is 13.6. The summed E-state index contributed by atoms with van der Waals surface area (Å²) in [6.45, 7) is 6.24. The van der Waals surface area contributed by atoms with Crippen molar-refractivity contribution in [3.05, 3.63) is 56.9 Å². The summed E-state index contributed by atoms with van der Waals surface area (Å²) in [7, 11) is 2.09. The van der Waals surface area contributed by atoms with Crippen molar-refractivity contribution in [2.75, 3.05) is 39.8 Å². The van der Waals surface area contributed by atoms with Crippen molar-refractivity contribution in [2.45, 2.75) is 70.7 Å². The first-order valence-corrected chi connectivity index (χ1v) is 16.5. The molecule has 1 aromatic carbocycles. The van der Waals surface area contributed by atoms with Gasteiger partial charge in [-0.15, -0.1) is 0 Å². The van der Waals surface area contributed by atoms with Gasteiger partial charge in [0.2, 0.25) is 5.91 Å². The first-order valence-electron chi connectivity index (χ1n) is 16.5. The van der Waals surface area contributed by atoms with Crippen LogP contribution in [0.25, 0.3) is 22.3 Å². The van der Waals surface area contributed by atoms with Crippen molar-refractivity contribution in [3.8, 4) is 17.1 Å². The number of nitrogens with one attached hydrogen (secondary N) is 2. The van der Waals surface area contributed by atoms with Crippen LogP contribution in [0, 0.1) is 0 Å². The molecule has 0 spiro atoms. The Balaban J connectivity index is 1.27. The molecule has 3 aromatic rings. The van der Waals surface area contributed by atoms with Gasteiger partial charge in [-0.2, -0.15) is 0 Å². The molecule has 3 aliphatic rings. The summed E-state index contributed by atoms with van der Waals surface area (Å²) >= 11 is 0. The zero-order valence-corrected chi connectivity index (χ0v) is 27.3. The van der Waals surface area contributed by atoms with Crippen molar-refractivity contribution < 1.29 is 34.2 Å². The van der Waals surface area contributed by atoms with E-state index in [2.05, 4.69) is 22.2 Å². The summed E-state index contributed by atoms with van der Waals surface area (Å²) < 4.78 is 12.7. The number of carbonyl (C=O) groups excluding carboxylic acids is 3. The second-order valence-corrected chi connectivity index (χ2v) is 12.8. The molecule has 0 unspecified atom stereocenters. The Morgan fingerprint density at radius 2 is 1.85 bits per heavy atom. The van der Waals surface area contributed by atoms with Crippen LogP contribution in [0.3, 0.4) is 0 Å². The van der Waals surface area contributed by atoms with E-state index in [4.69, 9.17) is 19.7 Å². The average Bonchev–Trinajstić information content (AvgIpc) is 3.45. The molecule has 14 nitrogen and oxygen atoms in total. The Kier molecular flexibility index (Phi) is 9.78. The number of hydroxylamine groups is 1. The molecule has 1 atom stereocenters. The molecular weight excluding hydrogens is 620 g/mol. The average molecular weight is 663 g/mol. The van der Waals surface area contributed by atoms with Gasteiger partial charge in [0.15, 0.2) is 5.60 Å². The van der Waals surface area contributed by atoms with Gasteiger partial charge in [-0.25, -0.2) is 20.1 Å². The fourth-order valence-corrected chi connectivity index (χ4v) is 6.73. The lowest BCUT2D eigenvalue weighted by molar-refractivity contribution is -0.172. The van der Waals surface area contributed by atoms with E-state index in [0.717, 1.165) is 62.0 Å². The van der Waals surface area contributed by atoms with Crippen LogP contribution in [0.5, 0.6) is 5.75 Å². The zero-order valence-electron chi connectivity index (χ0n) is 27.3. The number of likely N-dealkylation sites (N-methyl/N-ethyl adjacent to an activating group) is 1. The van der Waals surface area contributed by atoms with E-state index in [0.29, 0.717) is 42.2 Å². The molecule has 48 heavy (non-hydrogen) atoms. The molecule has 256 valence electrons. The van der Waals surface area contributed by atoms with Crippen molar-refractivity contribution in [3.63, 3.8) is 0 Å². The summed E-state index contributed by atoms with van der Waals surface area (Å²) in [6, 6.07) is 7.25. The number of hydrogen-bond donors (Lipinski definition) is 4. The fourth-order valence-electron chi connectivity index (χ4n) is 6.73. The molecular formula is C34H42N6O8. The van der Waals surface area contributed by atoms with Gasteiger partial charge in [-0.3, -0.25) is 19.7 Å². The standard InChI is InChI=1S/C34H42N6O8/c1-3-34(45)25-17-27-30-21(18-40(27)31(42)24(25)20-47-32(34)43)16-22-23(19-39-14-12-38(2)13-15-39)28(10-9-26(22)36-30)48-33(44)35-11-7-5-4-6-8-29(41)37-46/h9-10,16-17,45-46H,3-8,11-15,18-20H2,1-2H3,(H,35,44)(H,37,41)/t34-/m0/s1. The van der Waals surface area contributed by atoms with E-state index >= 15 is 0 Å². The highest BCUT2D eigenvalue weighted by Gasteiger charge is 2.45. The molecule has 2 amide bonds. The van der Waals surface area contributed by atoms with E-state index in [9.17, 15) is 24.3 Å². The molecule has 0 radical (unpaired) electrons. The molecule has 2 aromatic heterocycles. The van der Waals surface area contributed by atoms with Crippen molar-refractivity contribution in [2.24, 2.45) is 0 Å². The third-order valence-corrected chi connectivity index (χ3v) is 9.66. The fraction of sp³-hybridized carbons (Fsp3) is 0.500. The summed E-state index contributed by atoms with van der Waals surface area (Å²) in [4.78, 5) is 59.8. The highest BCUT2D eigenvalue weighted by atomic mass is 16.6. The smallest absolute Gasteiger partial charge is 0.412 e. The number of amides is 2. The van der Waals surface area contributed by atoms with Crippen LogP contribution < -0.4 is 21.1 Å². The van der Waals surface area contributed by atoms with Crippen LogP contribution in [0.4, 0.5) is 4.79 Å². The number of pyridine rings is 2. The van der Waals surface area contributed by atoms with E-state index in [-0.39, 0.29) is 42.7 Å². The third kappa shape index (κ3) is 6.52. The minimum absolute atomic E-state index is 0.0667. The maximum absolute atomic E-state index is 13.6. The van der Waals surface area contributed by atoms with Crippen LogP contribution in [0.2, 0.25) is 0 Å². The molecule has 0 saturated carbocycles. The Morgan fingerprint density at radius 3 is 2.60 bits per heavy atom. The number of piperazine rings is 1. The van der Waals surface area contributed by atoms with Crippen LogP contribution >= 0.6 is 0 Å². The highest BCUT2D eigenvalue weighted by Crippen LogP contribution is 2.40. The van der Waals surface area contributed by atoms with Crippen LogP contribution in [-0.2, 0) is 39.6 Å². The number of unbranched alkanes of at least 4 members (excludes halogenated alkanes) is 3. The second kappa shape index (κ2) is 14.0. The maximum Gasteiger partial charge on any atom is 0.412 e. The minimum Gasteiger partial charge on any atom is -0.458 e. The molecule has 6 rings (SSSR count). The SMILES string of the molecule is CC[C@@]1(O)C(=O)OCc2c1cc1n(c2=O)Cc2cc3c(CN4CCN(C)CC4)c(OC(=O)NCCCCCCC(=O)NO)ccc3nc2-1. The summed E-state index contributed by atoms with van der Waals surface area (Å²) in [5.74, 6) is -0.738. The summed E-state index contributed by atoms with van der Waals surface area (Å²) in [6.07, 6.45) is 2.74. The number of nitrogens with zero attached hydrogens (tertiary/aromatic N) is 4. The number of carbonyl (C=O) groups is 3. The lowest BCUT2D eigenvalue weighted by atomic mass is 9.86. The number of fused-ring (bicyclic) bond motifs is 5. The van der Waals surface area contributed by atoms with Crippen LogP contribution in [0.1, 0.15) is 67.7 Å². The zero-order chi connectivity index (χ0) is 34.0. The molecule has 1 fully saturated rings. The molecule has 0 aliphatic carbocycles. The summed E-state index contributed by atoms with van der Waals surface area (Å²) in [5, 5.41) is 23.4. The van der Waals surface area contributed by atoms with Crippen molar-refractivity contribution in [1.29, 1.82) is 0 Å². The molecule has 1 saturated heterocycles. The molecule has 5 heterocycles. The largest absolute Gasteiger partial charge is 0.458 e.